The van der Waals surface area contributed by atoms with Crippen molar-refractivity contribution in [3.05, 3.63) is 35.4 Å². The Kier molecular flexibility index (Phi) is 6.47. The minimum Gasteiger partial charge on any atom is -0.396 e. The summed E-state index contributed by atoms with van der Waals surface area (Å²) >= 11 is 0. The molecule has 1 heterocycles. The van der Waals surface area contributed by atoms with Gasteiger partial charge in [-0.2, -0.15) is 0 Å². The molecule has 0 aromatic heterocycles. The number of piperidine rings is 1. The molecule has 128 valence electrons. The molecule has 0 aliphatic carbocycles. The second kappa shape index (κ2) is 8.36. The Morgan fingerprint density at radius 1 is 1.35 bits per heavy atom. The van der Waals surface area contributed by atoms with Crippen molar-refractivity contribution in [2.45, 2.75) is 32.2 Å². The van der Waals surface area contributed by atoms with Crippen LogP contribution in [0.2, 0.25) is 0 Å². The standard InChI is InChI=1S/C17H24F2N2O2/c1-12(9-14-15(18)3-2-4-16(14)19)20-17(23)10-21-7-5-13(11-22)6-8-21/h2-4,12-13,22H,5-11H2,1H3,(H,20,23). The van der Waals surface area contributed by atoms with E-state index in [1.807, 2.05) is 4.90 Å². The largest absolute Gasteiger partial charge is 0.396 e. The van der Waals surface area contributed by atoms with Crippen LogP contribution in [0.15, 0.2) is 18.2 Å². The molecule has 1 aliphatic rings. The molecule has 1 fully saturated rings. The Labute approximate surface area is 135 Å². The molecule has 23 heavy (non-hydrogen) atoms. The van der Waals surface area contributed by atoms with Crippen LogP contribution in [0.4, 0.5) is 8.78 Å². The molecule has 2 N–H and O–H groups in total. The average Bonchev–Trinajstić information content (AvgIpc) is 2.51. The number of benzene rings is 1. The van der Waals surface area contributed by atoms with Gasteiger partial charge in [0.1, 0.15) is 11.6 Å². The number of nitrogens with zero attached hydrogens (tertiary/aromatic N) is 1. The van der Waals surface area contributed by atoms with E-state index in [0.29, 0.717) is 5.92 Å². The van der Waals surface area contributed by atoms with Gasteiger partial charge < -0.3 is 10.4 Å². The first kappa shape index (κ1) is 17.8. The number of hydrogen-bond acceptors (Lipinski definition) is 3. The van der Waals surface area contributed by atoms with Crippen molar-refractivity contribution in [1.82, 2.24) is 10.2 Å². The quantitative estimate of drug-likeness (QED) is 0.837. The molecule has 1 aromatic carbocycles. The number of aliphatic hydroxyl groups excluding tert-OH is 1. The van der Waals surface area contributed by atoms with Gasteiger partial charge in [0, 0.05) is 18.2 Å². The fourth-order valence-corrected chi connectivity index (χ4v) is 2.94. The molecule has 1 aromatic rings. The molecule has 6 heteroatoms. The Bertz CT molecular complexity index is 511. The van der Waals surface area contributed by atoms with Crippen molar-refractivity contribution < 1.29 is 18.7 Å². The van der Waals surface area contributed by atoms with Gasteiger partial charge >= 0.3 is 0 Å². The number of nitrogens with one attached hydrogen (secondary N) is 1. The molecule has 1 amide bonds. The molecule has 0 bridgehead atoms. The van der Waals surface area contributed by atoms with Gasteiger partial charge in [-0.3, -0.25) is 9.69 Å². The molecule has 0 radical (unpaired) electrons. The summed E-state index contributed by atoms with van der Waals surface area (Å²) in [5.74, 6) is -0.983. The lowest BCUT2D eigenvalue weighted by molar-refractivity contribution is -0.123. The van der Waals surface area contributed by atoms with Gasteiger partial charge in [0.05, 0.1) is 6.54 Å². The zero-order chi connectivity index (χ0) is 16.8. The third-order valence-corrected chi connectivity index (χ3v) is 4.31. The first-order valence-corrected chi connectivity index (χ1v) is 8.05. The Morgan fingerprint density at radius 2 is 1.96 bits per heavy atom. The number of halogens is 2. The van der Waals surface area contributed by atoms with Crippen molar-refractivity contribution in [2.75, 3.05) is 26.2 Å². The average molecular weight is 326 g/mol. The zero-order valence-corrected chi connectivity index (χ0v) is 13.4. The van der Waals surface area contributed by atoms with Crippen molar-refractivity contribution >= 4 is 5.91 Å². The second-order valence-corrected chi connectivity index (χ2v) is 6.27. The van der Waals surface area contributed by atoms with Crippen LogP contribution in [0.3, 0.4) is 0 Å². The number of amides is 1. The summed E-state index contributed by atoms with van der Waals surface area (Å²) in [5, 5.41) is 11.9. The molecule has 1 unspecified atom stereocenters. The van der Waals surface area contributed by atoms with Crippen LogP contribution in [0.1, 0.15) is 25.3 Å². The van der Waals surface area contributed by atoms with E-state index < -0.39 is 11.6 Å². The van der Waals surface area contributed by atoms with Gasteiger partial charge in [0.25, 0.3) is 0 Å². The maximum Gasteiger partial charge on any atom is 0.234 e. The van der Waals surface area contributed by atoms with Gasteiger partial charge in [-0.25, -0.2) is 8.78 Å². The van der Waals surface area contributed by atoms with Gasteiger partial charge in [0.15, 0.2) is 0 Å². The highest BCUT2D eigenvalue weighted by atomic mass is 19.1. The van der Waals surface area contributed by atoms with E-state index in [0.717, 1.165) is 25.9 Å². The van der Waals surface area contributed by atoms with E-state index in [1.54, 1.807) is 6.92 Å². The van der Waals surface area contributed by atoms with Gasteiger partial charge in [-0.1, -0.05) is 6.07 Å². The predicted octanol–water partition coefficient (Wildman–Crippen LogP) is 1.72. The van der Waals surface area contributed by atoms with Crippen LogP contribution in [-0.4, -0.2) is 48.2 Å². The topological polar surface area (TPSA) is 52.6 Å². The Morgan fingerprint density at radius 3 is 2.52 bits per heavy atom. The smallest absolute Gasteiger partial charge is 0.234 e. The van der Waals surface area contributed by atoms with Crippen LogP contribution in [0.25, 0.3) is 0 Å². The van der Waals surface area contributed by atoms with Gasteiger partial charge in [-0.05, 0) is 57.3 Å². The van der Waals surface area contributed by atoms with E-state index >= 15 is 0 Å². The first-order valence-electron chi connectivity index (χ1n) is 8.05. The third kappa shape index (κ3) is 5.25. The van der Waals surface area contributed by atoms with Crippen LogP contribution >= 0.6 is 0 Å². The van der Waals surface area contributed by atoms with Crippen molar-refractivity contribution in [2.24, 2.45) is 5.92 Å². The summed E-state index contributed by atoms with van der Waals surface area (Å²) in [6.45, 7) is 3.79. The van der Waals surface area contributed by atoms with Crippen molar-refractivity contribution in [3.8, 4) is 0 Å². The first-order chi connectivity index (χ1) is 11.0. The minimum absolute atomic E-state index is 0.00376. The van der Waals surface area contributed by atoms with E-state index in [-0.39, 0.29) is 37.1 Å². The molecule has 1 aliphatic heterocycles. The SMILES string of the molecule is CC(Cc1c(F)cccc1F)NC(=O)CN1CCC(CO)CC1. The molecule has 0 spiro atoms. The predicted molar refractivity (Wildman–Crippen MR) is 83.9 cm³/mol. The molecule has 0 saturated carbocycles. The van der Waals surface area contributed by atoms with Crippen LogP contribution in [0, 0.1) is 17.6 Å². The fraction of sp³-hybridized carbons (Fsp3) is 0.588. The molecule has 2 rings (SSSR count). The lowest BCUT2D eigenvalue weighted by Gasteiger charge is -2.30. The highest BCUT2D eigenvalue weighted by Crippen LogP contribution is 2.16. The van der Waals surface area contributed by atoms with Crippen molar-refractivity contribution in [1.29, 1.82) is 0 Å². The summed E-state index contributed by atoms with van der Waals surface area (Å²) in [5.41, 5.74) is 0.00376. The number of carbonyl (C=O) groups is 1. The Balaban J connectivity index is 1.79. The Hall–Kier alpha value is -1.53. The highest BCUT2D eigenvalue weighted by molar-refractivity contribution is 5.78. The molecule has 1 atom stereocenters. The normalized spacial score (nSPS) is 17.9. The zero-order valence-electron chi connectivity index (χ0n) is 13.4. The molecule has 4 nitrogen and oxygen atoms in total. The van der Waals surface area contributed by atoms with E-state index in [1.165, 1.54) is 18.2 Å². The van der Waals surface area contributed by atoms with Gasteiger partial charge in [-0.15, -0.1) is 0 Å². The van der Waals surface area contributed by atoms with Crippen LogP contribution in [0.5, 0.6) is 0 Å². The molecular weight excluding hydrogens is 302 g/mol. The van der Waals surface area contributed by atoms with Crippen LogP contribution < -0.4 is 5.32 Å². The number of hydrogen-bond donors (Lipinski definition) is 2. The second-order valence-electron chi connectivity index (χ2n) is 6.27. The third-order valence-electron chi connectivity index (χ3n) is 4.31. The fourth-order valence-electron chi connectivity index (χ4n) is 2.94. The number of aliphatic hydroxyl groups is 1. The lowest BCUT2D eigenvalue weighted by atomic mass is 9.98. The van der Waals surface area contributed by atoms with Gasteiger partial charge in [0.2, 0.25) is 5.91 Å². The van der Waals surface area contributed by atoms with E-state index in [4.69, 9.17) is 5.11 Å². The highest BCUT2D eigenvalue weighted by Gasteiger charge is 2.21. The minimum atomic E-state index is -0.586. The number of rotatable bonds is 6. The summed E-state index contributed by atoms with van der Waals surface area (Å²) in [6, 6.07) is 3.42. The monoisotopic (exact) mass is 326 g/mol. The van der Waals surface area contributed by atoms with Crippen LogP contribution in [-0.2, 0) is 11.2 Å². The molecule has 1 saturated heterocycles. The maximum absolute atomic E-state index is 13.6. The summed E-state index contributed by atoms with van der Waals surface area (Å²) < 4.78 is 27.2. The van der Waals surface area contributed by atoms with E-state index in [9.17, 15) is 13.6 Å². The number of likely N-dealkylation sites (tertiary alicyclic amines) is 1. The summed E-state index contributed by atoms with van der Waals surface area (Å²) in [7, 11) is 0. The lowest BCUT2D eigenvalue weighted by Crippen LogP contribution is -2.44. The summed E-state index contributed by atoms with van der Waals surface area (Å²) in [4.78, 5) is 14.1. The van der Waals surface area contributed by atoms with Crippen molar-refractivity contribution in [3.63, 3.8) is 0 Å². The summed E-state index contributed by atoms with van der Waals surface area (Å²) in [6.07, 6.45) is 1.90. The number of carbonyl (C=O) groups excluding carboxylic acids is 1. The molecular formula is C17H24F2N2O2. The maximum atomic E-state index is 13.6. The van der Waals surface area contributed by atoms with E-state index in [2.05, 4.69) is 5.32 Å².